The molecule has 1 saturated carbocycles. The molecule has 0 radical (unpaired) electrons. The number of likely N-dealkylation sites (tertiary alicyclic amines) is 1. The van der Waals surface area contributed by atoms with E-state index in [2.05, 4.69) is 39.9 Å². The maximum Gasteiger partial charge on any atom is 0.243 e. The van der Waals surface area contributed by atoms with Crippen molar-refractivity contribution in [1.29, 1.82) is 0 Å². The Morgan fingerprint density at radius 3 is 2.44 bits per heavy atom. The average molecular weight is 455 g/mol. The van der Waals surface area contributed by atoms with E-state index in [-0.39, 0.29) is 28.8 Å². The van der Waals surface area contributed by atoms with Gasteiger partial charge in [-0.15, -0.1) is 11.3 Å². The van der Waals surface area contributed by atoms with Crippen molar-refractivity contribution >= 4 is 23.2 Å². The van der Waals surface area contributed by atoms with Gasteiger partial charge in [0.05, 0.1) is 27.7 Å². The van der Waals surface area contributed by atoms with Crippen LogP contribution in [0.1, 0.15) is 57.7 Å². The van der Waals surface area contributed by atoms with Crippen LogP contribution in [0.5, 0.6) is 0 Å². The highest BCUT2D eigenvalue weighted by Gasteiger charge is 2.48. The Labute approximate surface area is 194 Å². The lowest BCUT2D eigenvalue weighted by Crippen LogP contribution is -2.56. The predicted octanol–water partition coefficient (Wildman–Crippen LogP) is 3.85. The Bertz CT molecular complexity index is 988. The first kappa shape index (κ1) is 22.9. The summed E-state index contributed by atoms with van der Waals surface area (Å²) in [4.78, 5) is 33.9. The minimum Gasteiger partial charge on any atom is -0.345 e. The lowest BCUT2D eigenvalue weighted by molar-refractivity contribution is -0.142. The predicted molar refractivity (Wildman–Crippen MR) is 128 cm³/mol. The molecule has 1 aliphatic heterocycles. The van der Waals surface area contributed by atoms with Crippen LogP contribution in [0.2, 0.25) is 0 Å². The van der Waals surface area contributed by atoms with Crippen LogP contribution in [0.15, 0.2) is 29.8 Å². The van der Waals surface area contributed by atoms with Gasteiger partial charge in [-0.05, 0) is 56.2 Å². The van der Waals surface area contributed by atoms with Crippen molar-refractivity contribution in [2.75, 3.05) is 13.6 Å². The molecule has 4 rings (SSSR count). The zero-order valence-electron chi connectivity index (χ0n) is 19.7. The number of carbonyl (C=O) groups is 2. The molecule has 1 aromatic carbocycles. The number of aromatic nitrogens is 1. The smallest absolute Gasteiger partial charge is 0.243 e. The molecule has 2 aromatic rings. The van der Waals surface area contributed by atoms with Gasteiger partial charge in [0.1, 0.15) is 6.04 Å². The number of likely N-dealkylation sites (N-methyl/N-ethyl adjacent to an activating group) is 1. The summed E-state index contributed by atoms with van der Waals surface area (Å²) in [6, 6.07) is 7.78. The van der Waals surface area contributed by atoms with Crippen LogP contribution < -0.4 is 10.6 Å². The summed E-state index contributed by atoms with van der Waals surface area (Å²) in [5, 5.41) is 6.47. The maximum absolute atomic E-state index is 13.3. The molecule has 1 saturated heterocycles. The summed E-state index contributed by atoms with van der Waals surface area (Å²) in [5.74, 6) is -0.00809. The normalized spacial score (nSPS) is 20.8. The zero-order chi connectivity index (χ0) is 23.1. The Morgan fingerprint density at radius 2 is 1.91 bits per heavy atom. The van der Waals surface area contributed by atoms with Gasteiger partial charge in [-0.2, -0.15) is 0 Å². The van der Waals surface area contributed by atoms with Gasteiger partial charge in [0.2, 0.25) is 11.8 Å². The molecule has 0 bridgehead atoms. The summed E-state index contributed by atoms with van der Waals surface area (Å²) < 4.78 is 0. The first-order chi connectivity index (χ1) is 15.2. The molecule has 32 heavy (non-hydrogen) atoms. The molecule has 2 fully saturated rings. The number of carbonyl (C=O) groups excluding carboxylic acids is 2. The minimum absolute atomic E-state index is 0.0202. The van der Waals surface area contributed by atoms with Crippen molar-refractivity contribution < 1.29 is 9.59 Å². The molecule has 2 amide bonds. The molecule has 2 N–H and O–H groups in total. The van der Waals surface area contributed by atoms with Crippen LogP contribution in [-0.2, 0) is 15.1 Å². The fourth-order valence-corrected chi connectivity index (χ4v) is 5.66. The fraction of sp³-hybridized carbons (Fsp3) is 0.560. The highest BCUT2D eigenvalue weighted by Crippen LogP contribution is 2.46. The third-order valence-corrected chi connectivity index (χ3v) is 7.78. The molecular formula is C25H34N4O2S. The number of hydrogen-bond acceptors (Lipinski definition) is 5. The largest absolute Gasteiger partial charge is 0.345 e. The molecule has 1 aliphatic carbocycles. The quantitative estimate of drug-likeness (QED) is 0.695. The highest BCUT2D eigenvalue weighted by molar-refractivity contribution is 7.13. The fourth-order valence-electron chi connectivity index (χ4n) is 4.85. The van der Waals surface area contributed by atoms with E-state index in [1.54, 1.807) is 16.2 Å². The zero-order valence-corrected chi connectivity index (χ0v) is 20.5. The Hall–Kier alpha value is -2.25. The number of amides is 2. The second-order valence-electron chi connectivity index (χ2n) is 10.2. The monoisotopic (exact) mass is 454 g/mol. The number of nitrogens with zero attached hydrogens (tertiary/aromatic N) is 2. The molecule has 0 spiro atoms. The number of rotatable bonds is 6. The van der Waals surface area contributed by atoms with Gasteiger partial charge in [0.25, 0.3) is 0 Å². The van der Waals surface area contributed by atoms with Crippen LogP contribution in [0, 0.1) is 12.3 Å². The van der Waals surface area contributed by atoms with E-state index in [4.69, 9.17) is 0 Å². The highest BCUT2D eigenvalue weighted by atomic mass is 32.1. The summed E-state index contributed by atoms with van der Waals surface area (Å²) in [7, 11) is 1.82. The van der Waals surface area contributed by atoms with Gasteiger partial charge in [0.15, 0.2) is 0 Å². The van der Waals surface area contributed by atoms with Gasteiger partial charge >= 0.3 is 0 Å². The van der Waals surface area contributed by atoms with E-state index in [1.165, 1.54) is 4.88 Å². The van der Waals surface area contributed by atoms with Crippen LogP contribution >= 0.6 is 11.3 Å². The van der Waals surface area contributed by atoms with Crippen molar-refractivity contribution in [3.8, 4) is 10.4 Å². The summed E-state index contributed by atoms with van der Waals surface area (Å²) in [6.45, 7) is 8.81. The first-order valence-electron chi connectivity index (χ1n) is 11.5. The molecule has 6 nitrogen and oxygen atoms in total. The third-order valence-electron chi connectivity index (χ3n) is 6.80. The van der Waals surface area contributed by atoms with E-state index in [9.17, 15) is 9.59 Å². The van der Waals surface area contributed by atoms with Crippen LogP contribution in [0.25, 0.3) is 10.4 Å². The van der Waals surface area contributed by atoms with Crippen LogP contribution in [-0.4, -0.2) is 47.4 Å². The number of hydrogen-bond donors (Lipinski definition) is 2. The molecule has 172 valence electrons. The molecule has 1 aromatic heterocycles. The number of nitrogens with one attached hydrogen (secondary N) is 2. The van der Waals surface area contributed by atoms with Gasteiger partial charge in [-0.1, -0.05) is 45.0 Å². The van der Waals surface area contributed by atoms with Gasteiger partial charge in [-0.3, -0.25) is 9.59 Å². The van der Waals surface area contributed by atoms with E-state index >= 15 is 0 Å². The summed E-state index contributed by atoms with van der Waals surface area (Å²) >= 11 is 1.64. The van der Waals surface area contributed by atoms with Crippen LogP contribution in [0.3, 0.4) is 0 Å². The van der Waals surface area contributed by atoms with E-state index in [0.717, 1.165) is 42.5 Å². The van der Waals surface area contributed by atoms with E-state index in [0.29, 0.717) is 6.54 Å². The van der Waals surface area contributed by atoms with Crippen molar-refractivity contribution in [1.82, 2.24) is 20.5 Å². The maximum atomic E-state index is 13.3. The topological polar surface area (TPSA) is 74.3 Å². The van der Waals surface area contributed by atoms with E-state index < -0.39 is 6.04 Å². The lowest BCUT2D eigenvalue weighted by Gasteiger charge is -2.35. The molecule has 7 heteroatoms. The van der Waals surface area contributed by atoms with Gasteiger partial charge in [0, 0.05) is 6.54 Å². The van der Waals surface area contributed by atoms with Crippen molar-refractivity contribution in [3.63, 3.8) is 0 Å². The van der Waals surface area contributed by atoms with Crippen LogP contribution in [0.4, 0.5) is 0 Å². The SMILES string of the molecule is CN[C@@H](C(=O)N1CCC[C@H]1C(=O)NC1(c2ccc(-c3scnc3C)cc2)CC1)C(C)(C)C. The number of aryl methyl sites for hydroxylation is 1. The van der Waals surface area contributed by atoms with E-state index in [1.807, 2.05) is 40.3 Å². The van der Waals surface area contributed by atoms with Crippen molar-refractivity contribution in [2.45, 2.75) is 71.0 Å². The van der Waals surface area contributed by atoms with Crippen molar-refractivity contribution in [3.05, 3.63) is 41.0 Å². The summed E-state index contributed by atoms with van der Waals surface area (Å²) in [5.41, 5.74) is 4.68. The lowest BCUT2D eigenvalue weighted by atomic mass is 9.86. The molecule has 2 atom stereocenters. The second kappa shape index (κ2) is 8.60. The Morgan fingerprint density at radius 1 is 1.22 bits per heavy atom. The number of benzene rings is 1. The van der Waals surface area contributed by atoms with Crippen molar-refractivity contribution in [2.24, 2.45) is 5.41 Å². The Balaban J connectivity index is 1.47. The van der Waals surface area contributed by atoms with Gasteiger partial charge in [-0.25, -0.2) is 4.98 Å². The molecular weight excluding hydrogens is 420 g/mol. The molecule has 2 heterocycles. The number of thiazole rings is 1. The molecule has 0 unspecified atom stereocenters. The third kappa shape index (κ3) is 4.33. The second-order valence-corrected chi connectivity index (χ2v) is 11.0. The standard InChI is InChI=1S/C25H34N4O2S/c1-16-20(32-15-27-16)17-8-10-18(11-9-17)25(12-13-25)28-22(30)19-7-6-14-29(19)23(31)21(26-5)24(2,3)4/h8-11,15,19,21,26H,6-7,12-14H2,1-5H3,(H,28,30)/t19-,21-/m0/s1. The molecule has 2 aliphatic rings. The minimum atomic E-state index is -0.391. The first-order valence-corrected chi connectivity index (χ1v) is 12.3. The Kier molecular flexibility index (Phi) is 6.16. The van der Waals surface area contributed by atoms with Gasteiger partial charge < -0.3 is 15.5 Å². The average Bonchev–Trinajstić information content (AvgIpc) is 3.15. The summed E-state index contributed by atoms with van der Waals surface area (Å²) in [6.07, 6.45) is 3.44.